The second-order valence-electron chi connectivity index (χ2n) is 7.05. The summed E-state index contributed by atoms with van der Waals surface area (Å²) in [5.74, 6) is -0.178. The van der Waals surface area contributed by atoms with Crippen LogP contribution in [0.25, 0.3) is 5.69 Å². The summed E-state index contributed by atoms with van der Waals surface area (Å²) in [7, 11) is 1.55. The van der Waals surface area contributed by atoms with Crippen molar-refractivity contribution >= 4 is 17.6 Å². The molecule has 9 heteroatoms. The lowest BCUT2D eigenvalue weighted by atomic mass is 10.2. The maximum Gasteiger partial charge on any atom is 0.274 e. The molecule has 1 N–H and O–H groups in total. The van der Waals surface area contributed by atoms with Crippen molar-refractivity contribution in [2.24, 2.45) is 0 Å². The fourth-order valence-corrected chi connectivity index (χ4v) is 3.48. The third kappa shape index (κ3) is 3.75. The predicted octanol–water partition coefficient (Wildman–Crippen LogP) is 2.51. The van der Waals surface area contributed by atoms with Gasteiger partial charge in [0.15, 0.2) is 11.5 Å². The molecule has 0 unspecified atom stereocenters. The Balaban J connectivity index is 1.53. The number of nitrogens with one attached hydrogen (secondary N) is 1. The molecule has 0 aliphatic heterocycles. The van der Waals surface area contributed by atoms with Gasteiger partial charge < -0.3 is 14.7 Å². The van der Waals surface area contributed by atoms with Gasteiger partial charge in [0.25, 0.3) is 5.91 Å². The first kappa shape index (κ1) is 18.9. The van der Waals surface area contributed by atoms with E-state index in [0.717, 1.165) is 30.5 Å². The molecular formula is C20H20FN5O3. The molecule has 1 aliphatic rings. The first-order valence-electron chi connectivity index (χ1n) is 9.27. The SMILES string of the molecule is Cc1cc(NC(=O)CN(C)C(=O)c2nn(-c3ccc(F)cc3)c3c2CCC3)no1. The lowest BCUT2D eigenvalue weighted by Gasteiger charge is -2.15. The van der Waals surface area contributed by atoms with Gasteiger partial charge in [-0.1, -0.05) is 5.16 Å². The molecule has 1 aromatic carbocycles. The predicted molar refractivity (Wildman–Crippen MR) is 102 cm³/mol. The summed E-state index contributed by atoms with van der Waals surface area (Å²) in [4.78, 5) is 26.5. The van der Waals surface area contributed by atoms with E-state index in [1.165, 1.54) is 17.0 Å². The molecule has 0 spiro atoms. The topological polar surface area (TPSA) is 93.3 Å². The highest BCUT2D eigenvalue weighted by molar-refractivity contribution is 5.99. The van der Waals surface area contributed by atoms with Crippen LogP contribution < -0.4 is 5.32 Å². The van der Waals surface area contributed by atoms with Crippen molar-refractivity contribution in [3.05, 3.63) is 58.9 Å². The Morgan fingerprint density at radius 3 is 2.72 bits per heavy atom. The monoisotopic (exact) mass is 397 g/mol. The van der Waals surface area contributed by atoms with E-state index in [9.17, 15) is 14.0 Å². The first-order chi connectivity index (χ1) is 13.9. The van der Waals surface area contributed by atoms with Gasteiger partial charge in [-0.3, -0.25) is 9.59 Å². The van der Waals surface area contributed by atoms with Crippen molar-refractivity contribution in [1.82, 2.24) is 19.8 Å². The van der Waals surface area contributed by atoms with Crippen LogP contribution >= 0.6 is 0 Å². The third-order valence-corrected chi connectivity index (χ3v) is 4.83. The van der Waals surface area contributed by atoms with Gasteiger partial charge in [-0.05, 0) is 50.5 Å². The molecular weight excluding hydrogens is 377 g/mol. The number of carbonyl (C=O) groups is 2. The van der Waals surface area contributed by atoms with Crippen LogP contribution in [0.15, 0.2) is 34.9 Å². The maximum absolute atomic E-state index is 13.3. The Morgan fingerprint density at radius 1 is 1.28 bits per heavy atom. The maximum atomic E-state index is 13.3. The van der Waals surface area contributed by atoms with Crippen molar-refractivity contribution < 1.29 is 18.5 Å². The molecule has 0 atom stereocenters. The molecule has 0 radical (unpaired) electrons. The molecule has 3 aromatic rings. The zero-order valence-corrected chi connectivity index (χ0v) is 16.1. The van der Waals surface area contributed by atoms with Gasteiger partial charge in [-0.15, -0.1) is 0 Å². The number of aryl methyl sites for hydroxylation is 1. The van der Waals surface area contributed by atoms with E-state index in [2.05, 4.69) is 15.6 Å². The van der Waals surface area contributed by atoms with Crippen molar-refractivity contribution in [1.29, 1.82) is 0 Å². The van der Waals surface area contributed by atoms with Crippen molar-refractivity contribution in [2.75, 3.05) is 18.9 Å². The number of amides is 2. The molecule has 2 amide bonds. The smallest absolute Gasteiger partial charge is 0.274 e. The molecule has 0 fully saturated rings. The van der Waals surface area contributed by atoms with Crippen LogP contribution in [-0.4, -0.2) is 45.2 Å². The van der Waals surface area contributed by atoms with E-state index in [1.54, 1.807) is 36.9 Å². The van der Waals surface area contributed by atoms with E-state index < -0.39 is 0 Å². The molecule has 29 heavy (non-hydrogen) atoms. The summed E-state index contributed by atoms with van der Waals surface area (Å²) < 4.78 is 19.9. The van der Waals surface area contributed by atoms with Gasteiger partial charge in [-0.25, -0.2) is 9.07 Å². The van der Waals surface area contributed by atoms with Gasteiger partial charge in [0.2, 0.25) is 5.91 Å². The van der Waals surface area contributed by atoms with Crippen LogP contribution in [0.1, 0.15) is 33.9 Å². The van der Waals surface area contributed by atoms with Gasteiger partial charge >= 0.3 is 0 Å². The van der Waals surface area contributed by atoms with E-state index >= 15 is 0 Å². The molecule has 150 valence electrons. The summed E-state index contributed by atoms with van der Waals surface area (Å²) in [5.41, 5.74) is 2.87. The fourth-order valence-electron chi connectivity index (χ4n) is 3.48. The van der Waals surface area contributed by atoms with Gasteiger partial charge in [0.05, 0.1) is 12.2 Å². The Kier molecular flexibility index (Phi) is 4.87. The summed E-state index contributed by atoms with van der Waals surface area (Å²) in [5, 5.41) is 10.8. The molecule has 4 rings (SSSR count). The molecule has 1 aliphatic carbocycles. The van der Waals surface area contributed by atoms with Crippen LogP contribution in [0.5, 0.6) is 0 Å². The lowest BCUT2D eigenvalue weighted by molar-refractivity contribution is -0.116. The van der Waals surface area contributed by atoms with E-state index in [0.29, 0.717) is 23.0 Å². The Labute approximate surface area is 166 Å². The summed E-state index contributed by atoms with van der Waals surface area (Å²) in [6, 6.07) is 7.58. The number of likely N-dealkylation sites (N-methyl/N-ethyl adjacent to an activating group) is 1. The minimum absolute atomic E-state index is 0.150. The van der Waals surface area contributed by atoms with Crippen molar-refractivity contribution in [3.8, 4) is 5.69 Å². The van der Waals surface area contributed by atoms with Crippen LogP contribution in [0.3, 0.4) is 0 Å². The zero-order chi connectivity index (χ0) is 20.5. The van der Waals surface area contributed by atoms with Crippen LogP contribution in [0, 0.1) is 12.7 Å². The second-order valence-corrected chi connectivity index (χ2v) is 7.05. The molecule has 0 saturated heterocycles. The second kappa shape index (κ2) is 7.50. The Bertz CT molecular complexity index is 1070. The fraction of sp³-hybridized carbons (Fsp3) is 0.300. The largest absolute Gasteiger partial charge is 0.360 e. The number of benzene rings is 1. The normalized spacial score (nSPS) is 12.7. The number of rotatable bonds is 5. The Morgan fingerprint density at radius 2 is 2.03 bits per heavy atom. The van der Waals surface area contributed by atoms with Gasteiger partial charge in [0, 0.05) is 24.4 Å². The zero-order valence-electron chi connectivity index (χ0n) is 16.1. The molecule has 0 saturated carbocycles. The van der Waals surface area contributed by atoms with E-state index in [-0.39, 0.29) is 24.2 Å². The number of hydrogen-bond donors (Lipinski definition) is 1. The van der Waals surface area contributed by atoms with Crippen molar-refractivity contribution in [3.63, 3.8) is 0 Å². The molecule has 0 bridgehead atoms. The number of hydrogen-bond acceptors (Lipinski definition) is 5. The number of nitrogens with zero attached hydrogens (tertiary/aromatic N) is 4. The summed E-state index contributed by atoms with van der Waals surface area (Å²) in [6.45, 7) is 1.57. The molecule has 2 heterocycles. The average molecular weight is 397 g/mol. The standard InChI is InChI=1S/C20H20FN5O3/c1-12-10-17(24-29-12)22-18(27)11-25(2)20(28)19-15-4-3-5-16(15)26(23-19)14-8-6-13(21)7-9-14/h6-10H,3-5,11H2,1-2H3,(H,22,24,27). The summed E-state index contributed by atoms with van der Waals surface area (Å²) in [6.07, 6.45) is 2.46. The highest BCUT2D eigenvalue weighted by Crippen LogP contribution is 2.28. The number of carbonyl (C=O) groups excluding carboxylic acids is 2. The molecule has 2 aromatic heterocycles. The van der Waals surface area contributed by atoms with Crippen LogP contribution in [-0.2, 0) is 17.6 Å². The number of aromatic nitrogens is 3. The average Bonchev–Trinajstić information content (AvgIpc) is 3.39. The van der Waals surface area contributed by atoms with Gasteiger partial charge in [-0.2, -0.15) is 5.10 Å². The van der Waals surface area contributed by atoms with E-state index in [1.807, 2.05) is 0 Å². The number of halogens is 1. The van der Waals surface area contributed by atoms with Crippen molar-refractivity contribution in [2.45, 2.75) is 26.2 Å². The quantitative estimate of drug-likeness (QED) is 0.714. The lowest BCUT2D eigenvalue weighted by Crippen LogP contribution is -2.35. The minimum atomic E-state index is -0.385. The minimum Gasteiger partial charge on any atom is -0.360 e. The molecule has 8 nitrogen and oxygen atoms in total. The van der Waals surface area contributed by atoms with Crippen LogP contribution in [0.4, 0.5) is 10.2 Å². The number of fused-ring (bicyclic) bond motifs is 1. The Hall–Kier alpha value is -3.49. The van der Waals surface area contributed by atoms with Gasteiger partial charge in [0.1, 0.15) is 11.6 Å². The number of anilines is 1. The highest BCUT2D eigenvalue weighted by Gasteiger charge is 2.29. The highest BCUT2D eigenvalue weighted by atomic mass is 19.1. The summed E-state index contributed by atoms with van der Waals surface area (Å²) >= 11 is 0. The van der Waals surface area contributed by atoms with E-state index in [4.69, 9.17) is 4.52 Å². The third-order valence-electron chi connectivity index (χ3n) is 4.83. The first-order valence-corrected chi connectivity index (χ1v) is 9.27. The van der Waals surface area contributed by atoms with Crippen LogP contribution in [0.2, 0.25) is 0 Å².